The number of imide groups is 1. The summed E-state index contributed by atoms with van der Waals surface area (Å²) in [5, 5.41) is 0. The smallest absolute Gasteiger partial charge is 0.257 e. The molecule has 7 nitrogen and oxygen atoms in total. The number of ether oxygens (including phenoxy) is 2. The van der Waals surface area contributed by atoms with E-state index in [4.69, 9.17) is 9.47 Å². The van der Waals surface area contributed by atoms with Crippen molar-refractivity contribution in [2.45, 2.75) is 19.0 Å². The molecule has 1 unspecified atom stereocenters. The Hall–Kier alpha value is -3.47. The minimum absolute atomic E-state index is 0.0526. The van der Waals surface area contributed by atoms with Gasteiger partial charge in [0.05, 0.1) is 12.1 Å². The number of rotatable bonds is 5. The molecule has 5 rings (SSSR count). The first-order chi connectivity index (χ1) is 16.4. The highest BCUT2D eigenvalue weighted by molar-refractivity contribution is 14.1. The number of hydrogen-bond acceptors (Lipinski definition) is 5. The second-order valence-corrected chi connectivity index (χ2v) is 9.14. The molecule has 0 aliphatic carbocycles. The fourth-order valence-corrected chi connectivity index (χ4v) is 4.40. The quantitative estimate of drug-likeness (QED) is 0.340. The lowest BCUT2D eigenvalue weighted by molar-refractivity contribution is -0.122. The van der Waals surface area contributed by atoms with Crippen molar-refractivity contribution in [3.8, 4) is 11.5 Å². The third kappa shape index (κ3) is 4.23. The van der Waals surface area contributed by atoms with Gasteiger partial charge in [-0.1, -0.05) is 6.07 Å². The summed E-state index contributed by atoms with van der Waals surface area (Å²) >= 11 is 2.14. The third-order valence-corrected chi connectivity index (χ3v) is 6.44. The summed E-state index contributed by atoms with van der Waals surface area (Å²) < 4.78 is 25.2. The molecule has 2 aliphatic heterocycles. The predicted octanol–water partition coefficient (Wildman–Crippen LogP) is 4.13. The topological polar surface area (TPSA) is 76.1 Å². The zero-order valence-corrected chi connectivity index (χ0v) is 19.9. The van der Waals surface area contributed by atoms with E-state index in [9.17, 15) is 18.8 Å². The molecule has 0 aromatic heterocycles. The summed E-state index contributed by atoms with van der Waals surface area (Å²) in [6.07, 6.45) is -0.150. The lowest BCUT2D eigenvalue weighted by Gasteiger charge is -2.28. The average Bonchev–Trinajstić information content (AvgIpc) is 3.41. The molecule has 2 aliphatic rings. The molecule has 2 heterocycles. The molecule has 1 fully saturated rings. The van der Waals surface area contributed by atoms with Crippen LogP contribution in [0.1, 0.15) is 22.3 Å². The number of anilines is 1. The molecule has 1 saturated heterocycles. The van der Waals surface area contributed by atoms with E-state index in [1.807, 2.05) is 0 Å². The molecule has 34 heavy (non-hydrogen) atoms. The lowest BCUT2D eigenvalue weighted by Crippen LogP contribution is -2.45. The van der Waals surface area contributed by atoms with Crippen molar-refractivity contribution in [1.29, 1.82) is 0 Å². The van der Waals surface area contributed by atoms with Gasteiger partial charge in [0.15, 0.2) is 11.5 Å². The van der Waals surface area contributed by atoms with Gasteiger partial charge in [-0.15, -0.1) is 0 Å². The second kappa shape index (κ2) is 9.05. The van der Waals surface area contributed by atoms with Crippen molar-refractivity contribution in [3.05, 3.63) is 87.2 Å². The highest BCUT2D eigenvalue weighted by Crippen LogP contribution is 2.34. The van der Waals surface area contributed by atoms with Crippen molar-refractivity contribution < 1.29 is 28.2 Å². The summed E-state index contributed by atoms with van der Waals surface area (Å²) in [4.78, 5) is 42.2. The van der Waals surface area contributed by atoms with E-state index in [0.717, 1.165) is 8.47 Å². The van der Waals surface area contributed by atoms with Crippen LogP contribution in [0.5, 0.6) is 11.5 Å². The number of carbonyl (C=O) groups is 3. The molecule has 3 aromatic rings. The Morgan fingerprint density at radius 3 is 2.44 bits per heavy atom. The summed E-state index contributed by atoms with van der Waals surface area (Å²) in [6.45, 7) is 0.161. The first-order valence-electron chi connectivity index (χ1n) is 10.5. The summed E-state index contributed by atoms with van der Waals surface area (Å²) in [5.74, 6) is -0.691. The van der Waals surface area contributed by atoms with E-state index < -0.39 is 23.7 Å². The SMILES string of the molecule is O=C1CC(N(Cc2ccc3c(c2)OCO3)C(=O)c2ccc(F)cc2)C(=O)N1c1ccc(I)cc1. The number of carbonyl (C=O) groups excluding carboxylic acids is 3. The molecule has 0 bridgehead atoms. The van der Waals surface area contributed by atoms with Crippen molar-refractivity contribution in [2.75, 3.05) is 11.7 Å². The van der Waals surface area contributed by atoms with Crippen LogP contribution in [0.3, 0.4) is 0 Å². The number of amides is 3. The third-order valence-electron chi connectivity index (χ3n) is 5.73. The molecule has 3 amide bonds. The zero-order chi connectivity index (χ0) is 23.8. The van der Waals surface area contributed by atoms with Gasteiger partial charge in [0.25, 0.3) is 11.8 Å². The normalized spacial score (nSPS) is 16.8. The second-order valence-electron chi connectivity index (χ2n) is 7.89. The van der Waals surface area contributed by atoms with Crippen molar-refractivity contribution >= 4 is 46.0 Å². The largest absolute Gasteiger partial charge is 0.454 e. The van der Waals surface area contributed by atoms with Gasteiger partial charge in [-0.3, -0.25) is 14.4 Å². The monoisotopic (exact) mass is 572 g/mol. The van der Waals surface area contributed by atoms with E-state index >= 15 is 0 Å². The molecule has 0 N–H and O–H groups in total. The Kier molecular flexibility index (Phi) is 5.94. The van der Waals surface area contributed by atoms with Gasteiger partial charge in [-0.2, -0.15) is 0 Å². The van der Waals surface area contributed by atoms with Crippen LogP contribution in [0.25, 0.3) is 0 Å². The van der Waals surface area contributed by atoms with Crippen LogP contribution >= 0.6 is 22.6 Å². The average molecular weight is 572 g/mol. The molecular formula is C25H18FIN2O5. The van der Waals surface area contributed by atoms with Crippen molar-refractivity contribution in [3.63, 3.8) is 0 Å². The van der Waals surface area contributed by atoms with Crippen LogP contribution in [-0.4, -0.2) is 35.5 Å². The number of nitrogens with zero attached hydrogens (tertiary/aromatic N) is 2. The Morgan fingerprint density at radius 1 is 1.00 bits per heavy atom. The highest BCUT2D eigenvalue weighted by atomic mass is 127. The van der Waals surface area contributed by atoms with E-state index in [2.05, 4.69) is 22.6 Å². The first-order valence-corrected chi connectivity index (χ1v) is 11.6. The minimum atomic E-state index is -1.00. The molecule has 0 spiro atoms. The number of fused-ring (bicyclic) bond motifs is 1. The summed E-state index contributed by atoms with van der Waals surface area (Å²) in [5.41, 5.74) is 1.37. The van der Waals surface area contributed by atoms with Gasteiger partial charge in [0.1, 0.15) is 11.9 Å². The van der Waals surface area contributed by atoms with Gasteiger partial charge in [0, 0.05) is 15.7 Å². The molecule has 0 radical (unpaired) electrons. The maximum atomic E-state index is 13.5. The standard InChI is InChI=1S/C25H18FIN2O5/c26-17-4-2-16(3-5-17)24(31)28(13-15-1-10-21-22(11-15)34-14-33-21)20-12-23(30)29(25(20)32)19-8-6-18(27)7-9-19/h1-11,20H,12-14H2. The van der Waals surface area contributed by atoms with Crippen LogP contribution < -0.4 is 14.4 Å². The van der Waals surface area contributed by atoms with E-state index in [1.165, 1.54) is 29.2 Å². The maximum Gasteiger partial charge on any atom is 0.257 e. The van der Waals surface area contributed by atoms with Crippen LogP contribution in [0.2, 0.25) is 0 Å². The molecule has 172 valence electrons. The Balaban J connectivity index is 1.49. The number of hydrogen-bond donors (Lipinski definition) is 0. The van der Waals surface area contributed by atoms with Gasteiger partial charge < -0.3 is 14.4 Å². The molecule has 0 saturated carbocycles. The molecular weight excluding hydrogens is 554 g/mol. The number of benzene rings is 3. The van der Waals surface area contributed by atoms with Crippen LogP contribution in [0.15, 0.2) is 66.7 Å². The van der Waals surface area contributed by atoms with Crippen LogP contribution in [0, 0.1) is 9.39 Å². The molecule has 1 atom stereocenters. The van der Waals surface area contributed by atoms with Crippen molar-refractivity contribution in [2.24, 2.45) is 0 Å². The Morgan fingerprint density at radius 2 is 1.71 bits per heavy atom. The lowest BCUT2D eigenvalue weighted by atomic mass is 10.1. The van der Waals surface area contributed by atoms with Gasteiger partial charge >= 0.3 is 0 Å². The first kappa shape index (κ1) is 22.3. The summed E-state index contributed by atoms with van der Waals surface area (Å²) in [7, 11) is 0. The Bertz CT molecular complexity index is 1280. The molecule has 3 aromatic carbocycles. The van der Waals surface area contributed by atoms with Crippen LogP contribution in [-0.2, 0) is 16.1 Å². The minimum Gasteiger partial charge on any atom is -0.454 e. The fraction of sp³-hybridized carbons (Fsp3) is 0.160. The van der Waals surface area contributed by atoms with Gasteiger partial charge in [-0.05, 0) is 88.8 Å². The van der Waals surface area contributed by atoms with Crippen LogP contribution in [0.4, 0.5) is 10.1 Å². The van der Waals surface area contributed by atoms with Crippen molar-refractivity contribution in [1.82, 2.24) is 4.90 Å². The Labute approximate surface area is 208 Å². The molecule has 9 heteroatoms. The summed E-state index contributed by atoms with van der Waals surface area (Å²) in [6, 6.07) is 16.3. The fourth-order valence-electron chi connectivity index (χ4n) is 4.04. The van der Waals surface area contributed by atoms with E-state index in [1.54, 1.807) is 42.5 Å². The zero-order valence-electron chi connectivity index (χ0n) is 17.7. The van der Waals surface area contributed by atoms with Gasteiger partial charge in [-0.25, -0.2) is 9.29 Å². The highest BCUT2D eigenvalue weighted by Gasteiger charge is 2.44. The maximum absolute atomic E-state index is 13.5. The van der Waals surface area contributed by atoms with E-state index in [-0.39, 0.29) is 31.2 Å². The van der Waals surface area contributed by atoms with E-state index in [0.29, 0.717) is 22.7 Å². The number of halogens is 2. The predicted molar refractivity (Wildman–Crippen MR) is 129 cm³/mol. The van der Waals surface area contributed by atoms with Gasteiger partial charge in [0.2, 0.25) is 12.7 Å².